The van der Waals surface area contributed by atoms with Gasteiger partial charge in [0.1, 0.15) is 0 Å². The van der Waals surface area contributed by atoms with Gasteiger partial charge in [-0.25, -0.2) is 0 Å². The zero-order valence-corrected chi connectivity index (χ0v) is 10.8. The first-order valence-electron chi connectivity index (χ1n) is 7.15. The molecule has 0 radical (unpaired) electrons. The van der Waals surface area contributed by atoms with Crippen molar-refractivity contribution in [2.45, 2.75) is 65.7 Å². The molecule has 2 unspecified atom stereocenters. The Morgan fingerprint density at radius 1 is 0.533 bits per heavy atom. The van der Waals surface area contributed by atoms with Crippen molar-refractivity contribution in [3.8, 4) is 0 Å². The lowest BCUT2D eigenvalue weighted by molar-refractivity contribution is 0.121. The first kappa shape index (κ1) is 11.5. The van der Waals surface area contributed by atoms with E-state index >= 15 is 0 Å². The van der Waals surface area contributed by atoms with E-state index in [1.807, 2.05) is 0 Å². The zero-order chi connectivity index (χ0) is 10.8. The number of hydrogen-bond donors (Lipinski definition) is 0. The second-order valence-electron chi connectivity index (χ2n) is 6.70. The molecule has 0 saturated heterocycles. The third-order valence-electron chi connectivity index (χ3n) is 4.94. The summed E-state index contributed by atoms with van der Waals surface area (Å²) in [4.78, 5) is 0. The Hall–Kier alpha value is 0. The Bertz CT molecular complexity index is 178. The average molecular weight is 208 g/mol. The van der Waals surface area contributed by atoms with Crippen LogP contribution in [0.2, 0.25) is 0 Å². The first-order valence-corrected chi connectivity index (χ1v) is 7.15. The molecule has 0 spiro atoms. The molecule has 2 atom stereocenters. The van der Waals surface area contributed by atoms with E-state index in [0.29, 0.717) is 0 Å². The molecule has 0 aromatic carbocycles. The maximum atomic E-state index is 2.47. The van der Waals surface area contributed by atoms with E-state index in [2.05, 4.69) is 20.8 Å². The predicted octanol–water partition coefficient (Wildman–Crippen LogP) is 4.89. The van der Waals surface area contributed by atoms with Gasteiger partial charge in [0.2, 0.25) is 0 Å². The molecule has 0 N–H and O–H groups in total. The molecule has 2 aliphatic carbocycles. The lowest BCUT2D eigenvalue weighted by atomic mass is 9.67. The zero-order valence-electron chi connectivity index (χ0n) is 10.8. The van der Waals surface area contributed by atoms with Crippen molar-refractivity contribution in [3.05, 3.63) is 0 Å². The van der Waals surface area contributed by atoms with E-state index in [1.165, 1.54) is 44.9 Å². The van der Waals surface area contributed by atoms with Crippen LogP contribution >= 0.6 is 0 Å². The van der Waals surface area contributed by atoms with Gasteiger partial charge >= 0.3 is 0 Å². The average Bonchev–Trinajstić information content (AvgIpc) is 2.17. The van der Waals surface area contributed by atoms with Crippen molar-refractivity contribution in [2.24, 2.45) is 29.6 Å². The molecule has 0 aliphatic heterocycles. The molecular weight excluding hydrogens is 180 g/mol. The van der Waals surface area contributed by atoms with Gasteiger partial charge in [0.05, 0.1) is 0 Å². The summed E-state index contributed by atoms with van der Waals surface area (Å²) in [5.41, 5.74) is 0. The Morgan fingerprint density at radius 2 is 1.07 bits per heavy atom. The fraction of sp³-hybridized carbons (Fsp3) is 1.00. The molecule has 0 heteroatoms. The van der Waals surface area contributed by atoms with Crippen LogP contribution in [0.3, 0.4) is 0 Å². The van der Waals surface area contributed by atoms with Crippen LogP contribution in [0.4, 0.5) is 0 Å². The molecule has 0 aromatic heterocycles. The highest BCUT2D eigenvalue weighted by molar-refractivity contribution is 4.82. The third-order valence-corrected chi connectivity index (χ3v) is 4.94. The monoisotopic (exact) mass is 208 g/mol. The second kappa shape index (κ2) is 4.89. The van der Waals surface area contributed by atoms with Crippen molar-refractivity contribution in [3.63, 3.8) is 0 Å². The standard InChI is InChI=1S/C15H28/c1-11-4-6-14(7-5-11)15-9-12(2)8-13(3)10-15/h11-15H,4-10H2,1-3H3. The Kier molecular flexibility index (Phi) is 3.74. The van der Waals surface area contributed by atoms with E-state index < -0.39 is 0 Å². The highest BCUT2D eigenvalue weighted by Gasteiger charge is 2.31. The predicted molar refractivity (Wildman–Crippen MR) is 66.8 cm³/mol. The van der Waals surface area contributed by atoms with Crippen molar-refractivity contribution in [1.82, 2.24) is 0 Å². The molecule has 88 valence electrons. The molecule has 0 bridgehead atoms. The van der Waals surface area contributed by atoms with Gasteiger partial charge in [-0.2, -0.15) is 0 Å². The highest BCUT2D eigenvalue weighted by atomic mass is 14.4. The molecule has 15 heavy (non-hydrogen) atoms. The number of rotatable bonds is 1. The topological polar surface area (TPSA) is 0 Å². The minimum atomic E-state index is 0.998. The molecule has 0 nitrogen and oxygen atoms in total. The smallest absolute Gasteiger partial charge is 0.0381 e. The van der Waals surface area contributed by atoms with Gasteiger partial charge in [-0.15, -0.1) is 0 Å². The van der Waals surface area contributed by atoms with Gasteiger partial charge < -0.3 is 0 Å². The summed E-state index contributed by atoms with van der Waals surface area (Å²) in [5.74, 6) is 5.18. The molecule has 0 amide bonds. The van der Waals surface area contributed by atoms with Gasteiger partial charge in [0.25, 0.3) is 0 Å². The fourth-order valence-corrected chi connectivity index (χ4v) is 4.15. The van der Waals surface area contributed by atoms with Gasteiger partial charge in [-0.3, -0.25) is 0 Å². The van der Waals surface area contributed by atoms with Crippen LogP contribution in [0, 0.1) is 29.6 Å². The molecule has 2 fully saturated rings. The normalized spacial score (nSPS) is 47.8. The summed E-state index contributed by atoms with van der Waals surface area (Å²) in [6, 6.07) is 0. The van der Waals surface area contributed by atoms with Gasteiger partial charge in [0, 0.05) is 0 Å². The maximum Gasteiger partial charge on any atom is -0.0381 e. The Morgan fingerprint density at radius 3 is 1.60 bits per heavy atom. The highest BCUT2D eigenvalue weighted by Crippen LogP contribution is 2.43. The second-order valence-corrected chi connectivity index (χ2v) is 6.70. The van der Waals surface area contributed by atoms with Gasteiger partial charge in [-0.05, 0) is 61.7 Å². The molecule has 2 rings (SSSR count). The minimum Gasteiger partial charge on any atom is -0.0625 e. The summed E-state index contributed by atoms with van der Waals surface area (Å²) >= 11 is 0. The van der Waals surface area contributed by atoms with Crippen molar-refractivity contribution in [1.29, 1.82) is 0 Å². The molecule has 0 heterocycles. The summed E-state index contributed by atoms with van der Waals surface area (Å²) in [7, 11) is 0. The van der Waals surface area contributed by atoms with Crippen LogP contribution in [0.5, 0.6) is 0 Å². The summed E-state index contributed by atoms with van der Waals surface area (Å²) in [5, 5.41) is 0. The summed E-state index contributed by atoms with van der Waals surface area (Å²) in [6.07, 6.45) is 10.6. The van der Waals surface area contributed by atoms with E-state index in [4.69, 9.17) is 0 Å². The third kappa shape index (κ3) is 2.98. The van der Waals surface area contributed by atoms with E-state index in [1.54, 1.807) is 0 Å². The van der Waals surface area contributed by atoms with Crippen LogP contribution in [0.1, 0.15) is 65.7 Å². The summed E-state index contributed by atoms with van der Waals surface area (Å²) < 4.78 is 0. The largest absolute Gasteiger partial charge is 0.0625 e. The van der Waals surface area contributed by atoms with Crippen molar-refractivity contribution >= 4 is 0 Å². The van der Waals surface area contributed by atoms with E-state index in [0.717, 1.165) is 29.6 Å². The maximum absolute atomic E-state index is 2.47. The van der Waals surface area contributed by atoms with Crippen molar-refractivity contribution in [2.75, 3.05) is 0 Å². The van der Waals surface area contributed by atoms with E-state index in [-0.39, 0.29) is 0 Å². The molecular formula is C15H28. The molecule has 2 saturated carbocycles. The SMILES string of the molecule is CC1CCC(C2CC(C)CC(C)C2)CC1. The number of hydrogen-bond acceptors (Lipinski definition) is 0. The fourth-order valence-electron chi connectivity index (χ4n) is 4.15. The van der Waals surface area contributed by atoms with Crippen LogP contribution in [-0.2, 0) is 0 Å². The quantitative estimate of drug-likeness (QED) is 0.576. The molecule has 2 aliphatic rings. The van der Waals surface area contributed by atoms with Gasteiger partial charge in [-0.1, -0.05) is 33.6 Å². The van der Waals surface area contributed by atoms with Crippen LogP contribution in [-0.4, -0.2) is 0 Å². The van der Waals surface area contributed by atoms with Crippen LogP contribution in [0.15, 0.2) is 0 Å². The van der Waals surface area contributed by atoms with Gasteiger partial charge in [0.15, 0.2) is 0 Å². The lowest BCUT2D eigenvalue weighted by Gasteiger charge is -2.39. The first-order chi connectivity index (χ1) is 7.15. The molecule has 0 aromatic rings. The Balaban J connectivity index is 1.87. The van der Waals surface area contributed by atoms with E-state index in [9.17, 15) is 0 Å². The minimum absolute atomic E-state index is 0.998. The van der Waals surface area contributed by atoms with Crippen molar-refractivity contribution < 1.29 is 0 Å². The van der Waals surface area contributed by atoms with Crippen LogP contribution in [0.25, 0.3) is 0 Å². The Labute approximate surface area is 95.8 Å². The lowest BCUT2D eigenvalue weighted by Crippen LogP contribution is -2.28. The summed E-state index contributed by atoms with van der Waals surface area (Å²) in [6.45, 7) is 7.37. The van der Waals surface area contributed by atoms with Crippen LogP contribution < -0.4 is 0 Å².